The number of ether oxygens (including phenoxy) is 2. The van der Waals surface area contributed by atoms with Crippen molar-refractivity contribution in [3.63, 3.8) is 0 Å². The molecule has 142 valence electrons. The van der Waals surface area contributed by atoms with Gasteiger partial charge < -0.3 is 9.47 Å². The maximum absolute atomic E-state index is 12.0. The predicted molar refractivity (Wildman–Crippen MR) is 108 cm³/mol. The zero-order chi connectivity index (χ0) is 19.7. The molecule has 4 aromatic rings. The van der Waals surface area contributed by atoms with E-state index in [4.69, 9.17) is 14.5 Å². The van der Waals surface area contributed by atoms with Gasteiger partial charge in [-0.1, -0.05) is 30.3 Å². The second-order valence-corrected chi connectivity index (χ2v) is 7.25. The van der Waals surface area contributed by atoms with Crippen molar-refractivity contribution in [2.75, 3.05) is 13.7 Å². The number of nitrogens with zero attached hydrogens (tertiary/aromatic N) is 2. The van der Waals surface area contributed by atoms with Crippen LogP contribution < -0.4 is 4.74 Å². The Balaban J connectivity index is 1.88. The van der Waals surface area contributed by atoms with E-state index < -0.39 is 0 Å². The topological polar surface area (TPSA) is 69.9 Å². The molecule has 2 aromatic carbocycles. The van der Waals surface area contributed by atoms with Crippen molar-refractivity contribution in [1.29, 1.82) is 0 Å². The molecule has 0 radical (unpaired) electrons. The molecule has 0 N–H and O–H groups in total. The Hall–Kier alpha value is -3.19. The standard InChI is InChI=1S/C21H18N2O4S/c1-3-27-18(25)10-14-11-23-16(12-24)20(22-21(23)28-14)19-15-7-5-4-6-13(15)8-9-17(19)26-2/h4-9,11-12H,3,10H2,1-2H3. The normalized spacial score (nSPS) is 11.1. The van der Waals surface area contributed by atoms with Crippen molar-refractivity contribution in [3.8, 4) is 17.0 Å². The Kier molecular flexibility index (Phi) is 4.83. The molecule has 0 aliphatic carbocycles. The Bertz CT molecular complexity index is 1190. The number of benzene rings is 2. The summed E-state index contributed by atoms with van der Waals surface area (Å²) in [7, 11) is 1.60. The SMILES string of the molecule is CCOC(=O)Cc1cn2c(C=O)c(-c3c(OC)ccc4ccccc34)nc2s1. The van der Waals surface area contributed by atoms with Crippen molar-refractivity contribution < 1.29 is 19.1 Å². The summed E-state index contributed by atoms with van der Waals surface area (Å²) in [5.74, 6) is 0.356. The number of methoxy groups -OCH3 is 1. The molecular weight excluding hydrogens is 376 g/mol. The summed E-state index contributed by atoms with van der Waals surface area (Å²) < 4.78 is 12.3. The number of thiazole rings is 1. The highest BCUT2D eigenvalue weighted by atomic mass is 32.1. The molecule has 0 atom stereocenters. The number of aromatic nitrogens is 2. The fourth-order valence-corrected chi connectivity index (χ4v) is 4.28. The van der Waals surface area contributed by atoms with Crippen LogP contribution in [0, 0.1) is 0 Å². The summed E-state index contributed by atoms with van der Waals surface area (Å²) in [4.78, 5) is 29.9. The van der Waals surface area contributed by atoms with Gasteiger partial charge in [0, 0.05) is 11.1 Å². The molecule has 0 saturated carbocycles. The van der Waals surface area contributed by atoms with E-state index in [0.717, 1.165) is 27.5 Å². The number of imidazole rings is 1. The van der Waals surface area contributed by atoms with Crippen LogP contribution in [-0.2, 0) is 16.0 Å². The number of esters is 1. The van der Waals surface area contributed by atoms with Crippen LogP contribution in [0.25, 0.3) is 27.0 Å². The summed E-state index contributed by atoms with van der Waals surface area (Å²) in [5.41, 5.74) is 1.78. The first kappa shape index (κ1) is 18.2. The van der Waals surface area contributed by atoms with Crippen LogP contribution in [0.15, 0.2) is 42.6 Å². The van der Waals surface area contributed by atoms with E-state index in [9.17, 15) is 9.59 Å². The second-order valence-electron chi connectivity index (χ2n) is 6.16. The minimum absolute atomic E-state index is 0.160. The summed E-state index contributed by atoms with van der Waals surface area (Å²) in [5, 5.41) is 2.00. The highest BCUT2D eigenvalue weighted by molar-refractivity contribution is 7.17. The van der Waals surface area contributed by atoms with Gasteiger partial charge in [-0.3, -0.25) is 14.0 Å². The molecule has 0 amide bonds. The summed E-state index contributed by atoms with van der Waals surface area (Å²) in [6.45, 7) is 2.11. The average molecular weight is 394 g/mol. The Morgan fingerprint density at radius 3 is 2.82 bits per heavy atom. The largest absolute Gasteiger partial charge is 0.496 e. The fourth-order valence-electron chi connectivity index (χ4n) is 3.31. The molecule has 0 spiro atoms. The minimum atomic E-state index is -0.296. The van der Waals surface area contributed by atoms with Gasteiger partial charge >= 0.3 is 5.97 Å². The van der Waals surface area contributed by atoms with Crippen LogP contribution >= 0.6 is 11.3 Å². The molecule has 0 aliphatic heterocycles. The van der Waals surface area contributed by atoms with E-state index in [0.29, 0.717) is 28.7 Å². The van der Waals surface area contributed by atoms with Crippen molar-refractivity contribution >= 4 is 39.3 Å². The minimum Gasteiger partial charge on any atom is -0.496 e. The summed E-state index contributed by atoms with van der Waals surface area (Å²) >= 11 is 1.37. The third kappa shape index (κ3) is 3.03. The zero-order valence-electron chi connectivity index (χ0n) is 15.5. The number of carbonyl (C=O) groups is 2. The maximum atomic E-state index is 12.0. The molecule has 0 bridgehead atoms. The van der Waals surface area contributed by atoms with E-state index in [1.54, 1.807) is 24.6 Å². The molecule has 6 nitrogen and oxygen atoms in total. The molecule has 0 aliphatic rings. The van der Waals surface area contributed by atoms with Gasteiger partial charge in [0.15, 0.2) is 11.2 Å². The van der Waals surface area contributed by atoms with Crippen LogP contribution in [0.5, 0.6) is 5.75 Å². The van der Waals surface area contributed by atoms with E-state index in [1.165, 1.54) is 11.3 Å². The van der Waals surface area contributed by atoms with Crippen LogP contribution in [0.1, 0.15) is 22.3 Å². The van der Waals surface area contributed by atoms with Crippen LogP contribution in [0.4, 0.5) is 0 Å². The third-order valence-corrected chi connectivity index (χ3v) is 5.48. The van der Waals surface area contributed by atoms with Gasteiger partial charge in [-0.25, -0.2) is 4.98 Å². The number of fused-ring (bicyclic) bond motifs is 2. The van der Waals surface area contributed by atoms with Crippen molar-refractivity contribution in [1.82, 2.24) is 9.38 Å². The number of carbonyl (C=O) groups excluding carboxylic acids is 2. The average Bonchev–Trinajstić information content (AvgIpc) is 3.23. The van der Waals surface area contributed by atoms with Gasteiger partial charge in [0.1, 0.15) is 17.1 Å². The molecule has 0 saturated heterocycles. The molecular formula is C21H18N2O4S. The lowest BCUT2D eigenvalue weighted by Gasteiger charge is -2.11. The predicted octanol–water partition coefficient (Wildman–Crippen LogP) is 4.14. The van der Waals surface area contributed by atoms with Crippen LogP contribution in [0.3, 0.4) is 0 Å². The van der Waals surface area contributed by atoms with Gasteiger partial charge in [0.25, 0.3) is 0 Å². The van der Waals surface area contributed by atoms with E-state index in [-0.39, 0.29) is 12.4 Å². The first-order valence-electron chi connectivity index (χ1n) is 8.84. The third-order valence-electron chi connectivity index (χ3n) is 4.49. The van der Waals surface area contributed by atoms with E-state index >= 15 is 0 Å². The fraction of sp³-hybridized carbons (Fsp3) is 0.190. The van der Waals surface area contributed by atoms with Crippen molar-refractivity contribution in [3.05, 3.63) is 53.2 Å². The Morgan fingerprint density at radius 1 is 1.25 bits per heavy atom. The molecule has 2 heterocycles. The molecule has 4 rings (SSSR count). The van der Waals surface area contributed by atoms with Crippen molar-refractivity contribution in [2.45, 2.75) is 13.3 Å². The first-order valence-corrected chi connectivity index (χ1v) is 9.65. The summed E-state index contributed by atoms with van der Waals surface area (Å²) in [6.07, 6.45) is 2.72. The molecule has 2 aromatic heterocycles. The van der Waals surface area contributed by atoms with Crippen LogP contribution in [-0.4, -0.2) is 35.4 Å². The zero-order valence-corrected chi connectivity index (χ0v) is 16.3. The lowest BCUT2D eigenvalue weighted by Crippen LogP contribution is -2.06. The highest BCUT2D eigenvalue weighted by Crippen LogP contribution is 2.39. The number of hydrogen-bond acceptors (Lipinski definition) is 6. The lowest BCUT2D eigenvalue weighted by atomic mass is 10.00. The van der Waals surface area contributed by atoms with Gasteiger partial charge in [-0.05, 0) is 23.8 Å². The highest BCUT2D eigenvalue weighted by Gasteiger charge is 2.21. The van der Waals surface area contributed by atoms with E-state index in [2.05, 4.69) is 0 Å². The molecule has 0 fully saturated rings. The monoisotopic (exact) mass is 394 g/mol. The number of hydrogen-bond donors (Lipinski definition) is 0. The Morgan fingerprint density at radius 2 is 2.07 bits per heavy atom. The maximum Gasteiger partial charge on any atom is 0.311 e. The quantitative estimate of drug-likeness (QED) is 0.363. The van der Waals surface area contributed by atoms with Gasteiger partial charge in [0.2, 0.25) is 0 Å². The molecule has 0 unspecified atom stereocenters. The van der Waals surface area contributed by atoms with Gasteiger partial charge in [0.05, 0.1) is 25.7 Å². The number of rotatable bonds is 6. The summed E-state index contributed by atoms with van der Waals surface area (Å²) in [6, 6.07) is 11.8. The number of aldehydes is 1. The van der Waals surface area contributed by atoms with Crippen LogP contribution in [0.2, 0.25) is 0 Å². The van der Waals surface area contributed by atoms with E-state index in [1.807, 2.05) is 36.4 Å². The lowest BCUT2D eigenvalue weighted by molar-refractivity contribution is -0.142. The molecule has 7 heteroatoms. The first-order chi connectivity index (χ1) is 13.7. The van der Waals surface area contributed by atoms with Crippen molar-refractivity contribution in [2.24, 2.45) is 0 Å². The molecule has 28 heavy (non-hydrogen) atoms. The van der Waals surface area contributed by atoms with Gasteiger partial charge in [-0.2, -0.15) is 0 Å². The van der Waals surface area contributed by atoms with Gasteiger partial charge in [-0.15, -0.1) is 11.3 Å². The second kappa shape index (κ2) is 7.44. The smallest absolute Gasteiger partial charge is 0.311 e. The Labute approximate surface area is 165 Å².